The first kappa shape index (κ1) is 19.3. The number of sulfonamides is 1. The van der Waals surface area contributed by atoms with E-state index in [2.05, 4.69) is 15.5 Å². The lowest BCUT2D eigenvalue weighted by molar-refractivity contribution is 0.346. The molecule has 3 rings (SSSR count). The van der Waals surface area contributed by atoms with Gasteiger partial charge in [-0.1, -0.05) is 18.6 Å². The van der Waals surface area contributed by atoms with Crippen LogP contribution in [0.4, 0.5) is 11.5 Å². The van der Waals surface area contributed by atoms with E-state index in [4.69, 9.17) is 0 Å². The zero-order chi connectivity index (χ0) is 19.3. The van der Waals surface area contributed by atoms with Gasteiger partial charge in [0.1, 0.15) is 10.7 Å². The second-order valence-electron chi connectivity index (χ2n) is 6.70. The molecule has 2 heterocycles. The third-order valence-corrected chi connectivity index (χ3v) is 6.37. The second kappa shape index (κ2) is 8.49. The maximum absolute atomic E-state index is 12.6. The van der Waals surface area contributed by atoms with E-state index in [0.29, 0.717) is 18.9 Å². The lowest BCUT2D eigenvalue weighted by Gasteiger charge is -2.25. The molecule has 0 atom stereocenters. The molecular formula is C19H25N5O2S. The minimum atomic E-state index is -3.45. The summed E-state index contributed by atoms with van der Waals surface area (Å²) in [5.74, 6) is 0.494. The van der Waals surface area contributed by atoms with Gasteiger partial charge in [-0.25, -0.2) is 13.4 Å². The molecule has 0 spiro atoms. The van der Waals surface area contributed by atoms with Crippen LogP contribution in [0.2, 0.25) is 0 Å². The van der Waals surface area contributed by atoms with Gasteiger partial charge in [0.05, 0.1) is 6.21 Å². The molecule has 8 heteroatoms. The Bertz CT molecular complexity index is 871. The molecule has 1 aliphatic heterocycles. The monoisotopic (exact) mass is 387 g/mol. The highest BCUT2D eigenvalue weighted by Gasteiger charge is 2.25. The van der Waals surface area contributed by atoms with Crippen LogP contribution in [0, 0.1) is 0 Å². The van der Waals surface area contributed by atoms with Crippen molar-refractivity contribution < 1.29 is 8.42 Å². The van der Waals surface area contributed by atoms with Crippen molar-refractivity contribution in [3.63, 3.8) is 0 Å². The molecule has 2 aromatic rings. The van der Waals surface area contributed by atoms with Crippen molar-refractivity contribution in [2.45, 2.75) is 24.2 Å². The summed E-state index contributed by atoms with van der Waals surface area (Å²) >= 11 is 0. The van der Waals surface area contributed by atoms with Gasteiger partial charge in [-0.05, 0) is 42.7 Å². The molecule has 0 bridgehead atoms. The van der Waals surface area contributed by atoms with Crippen molar-refractivity contribution in [1.82, 2.24) is 9.29 Å². The normalized spacial score (nSPS) is 15.8. The minimum Gasteiger partial charge on any atom is -0.378 e. The molecule has 7 nitrogen and oxygen atoms in total. The highest BCUT2D eigenvalue weighted by molar-refractivity contribution is 7.89. The fraction of sp³-hybridized carbons (Fsp3) is 0.368. The van der Waals surface area contributed by atoms with Gasteiger partial charge in [0.15, 0.2) is 0 Å². The SMILES string of the molecule is CN(C)c1ccc(/C=N/Nc2ccc(S(=O)(=O)N3CCCCC3)cn2)cc1. The third-order valence-electron chi connectivity index (χ3n) is 4.49. The van der Waals surface area contributed by atoms with Crippen LogP contribution >= 0.6 is 0 Å². The molecule has 27 heavy (non-hydrogen) atoms. The molecule has 1 fully saturated rings. The van der Waals surface area contributed by atoms with Gasteiger partial charge in [0, 0.05) is 39.1 Å². The maximum atomic E-state index is 12.6. The Morgan fingerprint density at radius 3 is 2.37 bits per heavy atom. The number of piperidine rings is 1. The molecular weight excluding hydrogens is 362 g/mol. The Balaban J connectivity index is 1.62. The third kappa shape index (κ3) is 4.84. The lowest BCUT2D eigenvalue weighted by atomic mass is 10.2. The fourth-order valence-electron chi connectivity index (χ4n) is 2.88. The largest absolute Gasteiger partial charge is 0.378 e. The van der Waals surface area contributed by atoms with E-state index in [1.807, 2.05) is 43.3 Å². The Labute approximate surface area is 160 Å². The smallest absolute Gasteiger partial charge is 0.244 e. The zero-order valence-electron chi connectivity index (χ0n) is 15.7. The molecule has 144 valence electrons. The summed E-state index contributed by atoms with van der Waals surface area (Å²) in [5, 5.41) is 4.16. The van der Waals surface area contributed by atoms with Crippen LogP contribution in [0.25, 0.3) is 0 Å². The van der Waals surface area contributed by atoms with E-state index in [-0.39, 0.29) is 4.90 Å². The standard InChI is InChI=1S/C19H25N5O2S/c1-23(2)17-8-6-16(7-9-17)14-21-22-19-11-10-18(15-20-19)27(25,26)24-12-4-3-5-13-24/h6-11,14-15H,3-5,12-13H2,1-2H3,(H,20,22)/b21-14+. The molecule has 1 saturated heterocycles. The summed E-state index contributed by atoms with van der Waals surface area (Å²) in [5.41, 5.74) is 4.90. The lowest BCUT2D eigenvalue weighted by Crippen LogP contribution is -2.35. The summed E-state index contributed by atoms with van der Waals surface area (Å²) < 4.78 is 26.7. The van der Waals surface area contributed by atoms with Gasteiger partial charge < -0.3 is 4.90 Å². The molecule has 0 aliphatic carbocycles. The maximum Gasteiger partial charge on any atom is 0.244 e. The Morgan fingerprint density at radius 1 is 1.07 bits per heavy atom. The molecule has 0 amide bonds. The number of hydrogen-bond donors (Lipinski definition) is 1. The topological polar surface area (TPSA) is 77.9 Å². The van der Waals surface area contributed by atoms with Crippen LogP contribution in [-0.2, 0) is 10.0 Å². The van der Waals surface area contributed by atoms with Gasteiger partial charge in [-0.15, -0.1) is 0 Å². The number of rotatable bonds is 6. The van der Waals surface area contributed by atoms with Crippen LogP contribution in [0.1, 0.15) is 24.8 Å². The van der Waals surface area contributed by atoms with E-state index in [1.54, 1.807) is 18.3 Å². The van der Waals surface area contributed by atoms with E-state index in [1.165, 1.54) is 10.5 Å². The predicted octanol–water partition coefficient (Wildman–Crippen LogP) is 2.77. The van der Waals surface area contributed by atoms with Crippen molar-refractivity contribution in [3.05, 3.63) is 48.2 Å². The fourth-order valence-corrected chi connectivity index (χ4v) is 4.35. The van der Waals surface area contributed by atoms with Gasteiger partial charge >= 0.3 is 0 Å². The highest BCUT2D eigenvalue weighted by Crippen LogP contribution is 2.20. The number of hydrogen-bond acceptors (Lipinski definition) is 6. The second-order valence-corrected chi connectivity index (χ2v) is 8.64. The van der Waals surface area contributed by atoms with E-state index < -0.39 is 10.0 Å². The molecule has 1 aromatic carbocycles. The molecule has 0 saturated carbocycles. The average molecular weight is 388 g/mol. The molecule has 1 aliphatic rings. The van der Waals surface area contributed by atoms with E-state index in [9.17, 15) is 8.42 Å². The van der Waals surface area contributed by atoms with Crippen molar-refractivity contribution in [3.8, 4) is 0 Å². The Morgan fingerprint density at radius 2 is 1.78 bits per heavy atom. The number of pyridine rings is 1. The van der Waals surface area contributed by atoms with E-state index >= 15 is 0 Å². The quantitative estimate of drug-likeness (QED) is 0.609. The van der Waals surface area contributed by atoms with E-state index in [0.717, 1.165) is 30.5 Å². The summed E-state index contributed by atoms with van der Waals surface area (Å²) in [4.78, 5) is 6.42. The summed E-state index contributed by atoms with van der Waals surface area (Å²) in [6.07, 6.45) is 5.99. The number of benzene rings is 1. The highest BCUT2D eigenvalue weighted by atomic mass is 32.2. The summed E-state index contributed by atoms with van der Waals surface area (Å²) in [7, 11) is 0.530. The number of nitrogens with one attached hydrogen (secondary N) is 1. The first-order valence-electron chi connectivity index (χ1n) is 8.99. The van der Waals surface area contributed by atoms with Gasteiger partial charge in [0.2, 0.25) is 10.0 Å². The van der Waals surface area contributed by atoms with Crippen LogP contribution in [0.3, 0.4) is 0 Å². The number of hydrazone groups is 1. The van der Waals surface area contributed by atoms with Crippen molar-refractivity contribution in [1.29, 1.82) is 0 Å². The molecule has 1 aromatic heterocycles. The van der Waals surface area contributed by atoms with Crippen molar-refractivity contribution >= 4 is 27.7 Å². The Kier molecular flexibility index (Phi) is 6.08. The van der Waals surface area contributed by atoms with Crippen LogP contribution in [0.15, 0.2) is 52.6 Å². The van der Waals surface area contributed by atoms with Gasteiger partial charge in [-0.2, -0.15) is 9.41 Å². The first-order chi connectivity index (χ1) is 13.0. The first-order valence-corrected chi connectivity index (χ1v) is 10.4. The van der Waals surface area contributed by atoms with Gasteiger partial charge in [0.25, 0.3) is 0 Å². The number of anilines is 2. The molecule has 0 radical (unpaired) electrons. The van der Waals surface area contributed by atoms with Gasteiger partial charge in [-0.3, -0.25) is 5.43 Å². The molecule has 0 unspecified atom stereocenters. The van der Waals surface area contributed by atoms with Crippen LogP contribution in [-0.4, -0.2) is 51.1 Å². The van der Waals surface area contributed by atoms with Crippen molar-refractivity contribution in [2.75, 3.05) is 37.5 Å². The van der Waals surface area contributed by atoms with Crippen LogP contribution < -0.4 is 10.3 Å². The number of aromatic nitrogens is 1. The summed E-state index contributed by atoms with van der Waals surface area (Å²) in [6.45, 7) is 1.17. The average Bonchev–Trinajstić information content (AvgIpc) is 2.69. The Hall–Kier alpha value is -2.45. The minimum absolute atomic E-state index is 0.221. The molecule has 1 N–H and O–H groups in total. The van der Waals surface area contributed by atoms with Crippen LogP contribution in [0.5, 0.6) is 0 Å². The summed E-state index contributed by atoms with van der Waals surface area (Å²) in [6, 6.07) is 11.2. The predicted molar refractivity (Wildman–Crippen MR) is 109 cm³/mol. The number of nitrogens with zero attached hydrogens (tertiary/aromatic N) is 4. The zero-order valence-corrected chi connectivity index (χ0v) is 16.5. The van der Waals surface area contributed by atoms with Crippen molar-refractivity contribution in [2.24, 2.45) is 5.10 Å².